The van der Waals surface area contributed by atoms with Crippen LogP contribution < -0.4 is 0 Å². The van der Waals surface area contributed by atoms with Crippen molar-refractivity contribution in [1.29, 1.82) is 10.5 Å². The average Bonchev–Trinajstić information content (AvgIpc) is 2.70. The van der Waals surface area contributed by atoms with E-state index in [9.17, 15) is 8.42 Å². The minimum atomic E-state index is -3.17. The third-order valence-electron chi connectivity index (χ3n) is 5.29. The summed E-state index contributed by atoms with van der Waals surface area (Å²) < 4.78 is 27.4. The SMILES string of the molecule is CCCCCCCS(=O)(=O)N(CCCCCCCC#N)CCCCCCCC#N. The summed E-state index contributed by atoms with van der Waals surface area (Å²) in [6.07, 6.45) is 16.5. The van der Waals surface area contributed by atoms with Crippen LogP contribution in [-0.4, -0.2) is 31.6 Å². The first kappa shape index (κ1) is 27.9. The molecule has 0 N–H and O–H groups in total. The summed E-state index contributed by atoms with van der Waals surface area (Å²) in [6, 6.07) is 4.34. The van der Waals surface area contributed by atoms with Crippen LogP contribution in [0.5, 0.6) is 0 Å². The molecular weight excluding hydrogens is 382 g/mol. The van der Waals surface area contributed by atoms with Gasteiger partial charge in [0.15, 0.2) is 0 Å². The number of nitriles is 2. The van der Waals surface area contributed by atoms with E-state index < -0.39 is 10.0 Å². The van der Waals surface area contributed by atoms with Gasteiger partial charge >= 0.3 is 0 Å². The van der Waals surface area contributed by atoms with Gasteiger partial charge in [-0.2, -0.15) is 10.5 Å². The fraction of sp³-hybridized carbons (Fsp3) is 0.913. The Hall–Kier alpha value is -1.11. The van der Waals surface area contributed by atoms with Gasteiger partial charge in [0.1, 0.15) is 0 Å². The fourth-order valence-corrected chi connectivity index (χ4v) is 5.09. The van der Waals surface area contributed by atoms with E-state index in [1.165, 1.54) is 12.8 Å². The summed E-state index contributed by atoms with van der Waals surface area (Å²) in [6.45, 7) is 3.42. The Kier molecular flexibility index (Phi) is 19.4. The number of nitrogens with zero attached hydrogens (tertiary/aromatic N) is 3. The lowest BCUT2D eigenvalue weighted by molar-refractivity contribution is 0.383. The molecule has 0 unspecified atom stereocenters. The van der Waals surface area contributed by atoms with Crippen molar-refractivity contribution in [1.82, 2.24) is 4.31 Å². The molecule has 0 bridgehead atoms. The lowest BCUT2D eigenvalue weighted by Crippen LogP contribution is -2.35. The maximum atomic E-state index is 12.8. The number of hydrogen-bond acceptors (Lipinski definition) is 4. The van der Waals surface area contributed by atoms with Crippen LogP contribution in [0.25, 0.3) is 0 Å². The van der Waals surface area contributed by atoms with Crippen molar-refractivity contribution < 1.29 is 8.42 Å². The van der Waals surface area contributed by atoms with Crippen LogP contribution in [-0.2, 0) is 10.0 Å². The molecule has 0 aromatic heterocycles. The van der Waals surface area contributed by atoms with Gasteiger partial charge in [0.2, 0.25) is 10.0 Å². The van der Waals surface area contributed by atoms with E-state index in [1.54, 1.807) is 4.31 Å². The van der Waals surface area contributed by atoms with Crippen molar-refractivity contribution in [3.8, 4) is 12.1 Å². The maximum Gasteiger partial charge on any atom is 0.214 e. The van der Waals surface area contributed by atoms with E-state index in [-0.39, 0.29) is 5.75 Å². The molecule has 6 heteroatoms. The van der Waals surface area contributed by atoms with Gasteiger partial charge < -0.3 is 0 Å². The van der Waals surface area contributed by atoms with Crippen LogP contribution in [0.1, 0.15) is 116 Å². The summed E-state index contributed by atoms with van der Waals surface area (Å²) in [7, 11) is -3.17. The first-order valence-corrected chi connectivity index (χ1v) is 13.4. The highest BCUT2D eigenvalue weighted by atomic mass is 32.2. The molecule has 0 fully saturated rings. The van der Waals surface area contributed by atoms with Crippen molar-refractivity contribution in [3.63, 3.8) is 0 Å². The van der Waals surface area contributed by atoms with Gasteiger partial charge in [-0.05, 0) is 32.1 Å². The molecule has 0 heterocycles. The van der Waals surface area contributed by atoms with Crippen LogP contribution in [0.2, 0.25) is 0 Å². The first-order chi connectivity index (χ1) is 14.1. The van der Waals surface area contributed by atoms with Crippen molar-refractivity contribution in [2.75, 3.05) is 18.8 Å². The molecule has 29 heavy (non-hydrogen) atoms. The molecule has 0 radical (unpaired) electrons. The number of hydrogen-bond donors (Lipinski definition) is 0. The second-order valence-corrected chi connectivity index (χ2v) is 10.1. The Morgan fingerprint density at radius 1 is 0.621 bits per heavy atom. The number of unbranched alkanes of at least 4 members (excludes halogenated alkanes) is 14. The van der Waals surface area contributed by atoms with E-state index in [0.717, 1.165) is 83.5 Å². The van der Waals surface area contributed by atoms with Gasteiger partial charge in [0.25, 0.3) is 0 Å². The molecular formula is C23H43N3O2S. The second-order valence-electron chi connectivity index (χ2n) is 7.98. The minimum absolute atomic E-state index is 0.279. The van der Waals surface area contributed by atoms with Gasteiger partial charge in [0.05, 0.1) is 17.9 Å². The lowest BCUT2D eigenvalue weighted by Gasteiger charge is -2.22. The summed E-state index contributed by atoms with van der Waals surface area (Å²) >= 11 is 0. The number of sulfonamides is 1. The highest BCUT2D eigenvalue weighted by Gasteiger charge is 2.20. The zero-order valence-corrected chi connectivity index (χ0v) is 19.5. The minimum Gasteiger partial charge on any atom is -0.212 e. The quantitative estimate of drug-likeness (QED) is 0.201. The van der Waals surface area contributed by atoms with Gasteiger partial charge in [-0.15, -0.1) is 0 Å². The molecule has 0 aliphatic carbocycles. The van der Waals surface area contributed by atoms with Gasteiger partial charge in [-0.3, -0.25) is 0 Å². The zero-order chi connectivity index (χ0) is 21.6. The fourth-order valence-electron chi connectivity index (χ4n) is 3.45. The lowest BCUT2D eigenvalue weighted by atomic mass is 10.1. The second kappa shape index (κ2) is 20.2. The monoisotopic (exact) mass is 425 g/mol. The molecule has 0 aliphatic rings. The molecule has 0 saturated carbocycles. The van der Waals surface area contributed by atoms with Crippen molar-refractivity contribution in [2.45, 2.75) is 116 Å². The Morgan fingerprint density at radius 2 is 1.03 bits per heavy atom. The standard InChI is InChI=1S/C23H43N3O2S/c1-2-3-4-13-18-23-29(27,28)26(21-16-11-7-5-9-14-19-24)22-17-12-8-6-10-15-20-25/h2-18,21-23H2,1H3. The molecule has 5 nitrogen and oxygen atoms in total. The van der Waals surface area contributed by atoms with Crippen LogP contribution >= 0.6 is 0 Å². The van der Waals surface area contributed by atoms with Gasteiger partial charge in [-0.25, -0.2) is 12.7 Å². The summed E-state index contributed by atoms with van der Waals surface area (Å²) in [4.78, 5) is 0. The smallest absolute Gasteiger partial charge is 0.212 e. The van der Waals surface area contributed by atoms with Crippen LogP contribution in [0.15, 0.2) is 0 Å². The van der Waals surface area contributed by atoms with Gasteiger partial charge in [0, 0.05) is 25.9 Å². The molecule has 0 rings (SSSR count). The summed E-state index contributed by atoms with van der Waals surface area (Å²) in [5.41, 5.74) is 0. The predicted molar refractivity (Wildman–Crippen MR) is 121 cm³/mol. The largest absolute Gasteiger partial charge is 0.214 e. The molecule has 0 spiro atoms. The van der Waals surface area contributed by atoms with Crippen molar-refractivity contribution >= 4 is 10.0 Å². The molecule has 0 amide bonds. The number of rotatable bonds is 21. The molecule has 0 atom stereocenters. The Balaban J connectivity index is 4.31. The average molecular weight is 426 g/mol. The Morgan fingerprint density at radius 3 is 1.52 bits per heavy atom. The molecule has 0 aliphatic heterocycles. The van der Waals surface area contributed by atoms with E-state index in [1.807, 2.05) is 0 Å². The maximum absolute atomic E-state index is 12.8. The molecule has 168 valence electrons. The van der Waals surface area contributed by atoms with Gasteiger partial charge in [-0.1, -0.05) is 71.1 Å². The van der Waals surface area contributed by atoms with E-state index in [0.29, 0.717) is 25.9 Å². The highest BCUT2D eigenvalue weighted by molar-refractivity contribution is 7.89. The normalized spacial score (nSPS) is 11.4. The summed E-state index contributed by atoms with van der Waals surface area (Å²) in [5.74, 6) is 0.279. The molecule has 0 saturated heterocycles. The third-order valence-corrected chi connectivity index (χ3v) is 7.25. The van der Waals surface area contributed by atoms with Crippen LogP contribution in [0, 0.1) is 22.7 Å². The summed E-state index contributed by atoms with van der Waals surface area (Å²) in [5, 5.41) is 17.2. The topological polar surface area (TPSA) is 85.0 Å². The van der Waals surface area contributed by atoms with Crippen LogP contribution in [0.3, 0.4) is 0 Å². The molecule has 0 aromatic carbocycles. The first-order valence-electron chi connectivity index (χ1n) is 11.8. The Bertz CT molecular complexity index is 521. The predicted octanol–water partition coefficient (Wildman–Crippen LogP) is 6.32. The van der Waals surface area contributed by atoms with Crippen molar-refractivity contribution in [3.05, 3.63) is 0 Å². The van der Waals surface area contributed by atoms with E-state index in [4.69, 9.17) is 10.5 Å². The van der Waals surface area contributed by atoms with E-state index in [2.05, 4.69) is 19.1 Å². The third kappa shape index (κ3) is 17.5. The highest BCUT2D eigenvalue weighted by Crippen LogP contribution is 2.14. The zero-order valence-electron chi connectivity index (χ0n) is 18.7. The van der Waals surface area contributed by atoms with E-state index >= 15 is 0 Å². The van der Waals surface area contributed by atoms with Crippen molar-refractivity contribution in [2.24, 2.45) is 0 Å². The van der Waals surface area contributed by atoms with Crippen LogP contribution in [0.4, 0.5) is 0 Å². The molecule has 0 aromatic rings. The Labute approximate surface area is 180 Å².